The van der Waals surface area contributed by atoms with Crippen LogP contribution in [0.2, 0.25) is 0 Å². The molecule has 0 radical (unpaired) electrons. The molecule has 1 amide bonds. The number of nitrogens with one attached hydrogen (secondary N) is 2. The molecular weight excluding hydrogens is 264 g/mol. The minimum absolute atomic E-state index is 0.0149. The van der Waals surface area contributed by atoms with Crippen molar-refractivity contribution in [3.8, 4) is 5.75 Å². The van der Waals surface area contributed by atoms with Crippen molar-refractivity contribution in [2.75, 3.05) is 5.32 Å². The number of benzene rings is 1. The molecular formula is C17H26N2O2. The second-order valence-corrected chi connectivity index (χ2v) is 6.09. The van der Waals surface area contributed by atoms with Gasteiger partial charge in [0, 0.05) is 29.8 Å². The number of rotatable bonds is 7. The van der Waals surface area contributed by atoms with Gasteiger partial charge in [0.2, 0.25) is 5.91 Å². The number of hydrogen-bond acceptors (Lipinski definition) is 3. The molecule has 1 aliphatic carbocycles. The Labute approximate surface area is 126 Å². The predicted molar refractivity (Wildman–Crippen MR) is 85.4 cm³/mol. The smallest absolute Gasteiger partial charge is 0.224 e. The van der Waals surface area contributed by atoms with Gasteiger partial charge in [-0.1, -0.05) is 6.92 Å². The van der Waals surface area contributed by atoms with Crippen molar-refractivity contribution in [2.24, 2.45) is 5.92 Å². The van der Waals surface area contributed by atoms with Crippen molar-refractivity contribution in [1.29, 1.82) is 0 Å². The second-order valence-electron chi connectivity index (χ2n) is 6.09. The molecule has 2 atom stereocenters. The Bertz CT molecular complexity index is 498. The molecule has 2 rings (SSSR count). The zero-order valence-electron chi connectivity index (χ0n) is 13.1. The number of hydrogen-bond donors (Lipinski definition) is 3. The fourth-order valence-electron chi connectivity index (χ4n) is 2.65. The van der Waals surface area contributed by atoms with Crippen molar-refractivity contribution < 1.29 is 9.90 Å². The number of carbonyl (C=O) groups excluding carboxylic acids is 1. The molecule has 0 spiro atoms. The lowest BCUT2D eigenvalue weighted by Gasteiger charge is -2.21. The monoisotopic (exact) mass is 290 g/mol. The van der Waals surface area contributed by atoms with Gasteiger partial charge >= 0.3 is 0 Å². The van der Waals surface area contributed by atoms with Crippen molar-refractivity contribution >= 4 is 11.6 Å². The normalized spacial score (nSPS) is 17.3. The van der Waals surface area contributed by atoms with E-state index in [0.717, 1.165) is 23.6 Å². The summed E-state index contributed by atoms with van der Waals surface area (Å²) >= 11 is 0. The van der Waals surface area contributed by atoms with Crippen LogP contribution in [0.25, 0.3) is 0 Å². The lowest BCUT2D eigenvalue weighted by atomic mass is 10.0. The molecule has 0 heterocycles. The molecule has 116 valence electrons. The van der Waals surface area contributed by atoms with Gasteiger partial charge in [0.1, 0.15) is 5.75 Å². The Morgan fingerprint density at radius 3 is 2.71 bits per heavy atom. The summed E-state index contributed by atoms with van der Waals surface area (Å²) in [7, 11) is 0. The Morgan fingerprint density at radius 2 is 2.10 bits per heavy atom. The van der Waals surface area contributed by atoms with Crippen molar-refractivity contribution in [3.05, 3.63) is 23.8 Å². The van der Waals surface area contributed by atoms with E-state index < -0.39 is 0 Å². The van der Waals surface area contributed by atoms with Crippen molar-refractivity contribution in [1.82, 2.24) is 5.32 Å². The minimum atomic E-state index is 0.0149. The van der Waals surface area contributed by atoms with Crippen LogP contribution in [-0.2, 0) is 4.79 Å². The first-order chi connectivity index (χ1) is 10.0. The zero-order chi connectivity index (χ0) is 15.4. The van der Waals surface area contributed by atoms with Crippen LogP contribution in [0.1, 0.15) is 58.1 Å². The predicted octanol–water partition coefficient (Wildman–Crippen LogP) is 3.58. The Hall–Kier alpha value is -1.55. The first-order valence-electron chi connectivity index (χ1n) is 7.90. The fraction of sp³-hybridized carbons (Fsp3) is 0.588. The molecule has 4 heteroatoms. The molecule has 0 bridgehead atoms. The number of phenolic OH excluding ortho intramolecular Hbond substituents is 1. The van der Waals surface area contributed by atoms with E-state index in [4.69, 9.17) is 0 Å². The van der Waals surface area contributed by atoms with Gasteiger partial charge in [0.15, 0.2) is 0 Å². The molecule has 1 saturated carbocycles. The van der Waals surface area contributed by atoms with E-state index in [1.807, 2.05) is 19.9 Å². The zero-order valence-corrected chi connectivity index (χ0v) is 13.1. The molecule has 0 aliphatic heterocycles. The molecule has 0 saturated heterocycles. The number of amides is 1. The maximum Gasteiger partial charge on any atom is 0.224 e. The summed E-state index contributed by atoms with van der Waals surface area (Å²) < 4.78 is 0. The summed E-state index contributed by atoms with van der Waals surface area (Å²) in [5.41, 5.74) is 1.57. The molecule has 1 aromatic carbocycles. The Morgan fingerprint density at radius 1 is 1.38 bits per heavy atom. The minimum Gasteiger partial charge on any atom is -0.508 e. The SMILES string of the molecule is CCCC(=O)Nc1ccc(O)c(C(C)NC(C)C2CC2)c1. The molecule has 3 N–H and O–H groups in total. The van der Waals surface area contributed by atoms with Crippen LogP contribution >= 0.6 is 0 Å². The van der Waals surface area contributed by atoms with Gasteiger partial charge in [-0.25, -0.2) is 0 Å². The van der Waals surface area contributed by atoms with Gasteiger partial charge in [-0.15, -0.1) is 0 Å². The van der Waals surface area contributed by atoms with Crippen LogP contribution < -0.4 is 10.6 Å². The van der Waals surface area contributed by atoms with Gasteiger partial charge in [-0.05, 0) is 57.2 Å². The van der Waals surface area contributed by atoms with Crippen molar-refractivity contribution in [3.63, 3.8) is 0 Å². The lowest BCUT2D eigenvalue weighted by Crippen LogP contribution is -2.30. The van der Waals surface area contributed by atoms with Gasteiger partial charge in [-0.3, -0.25) is 4.79 Å². The first-order valence-corrected chi connectivity index (χ1v) is 7.90. The fourth-order valence-corrected chi connectivity index (χ4v) is 2.65. The summed E-state index contributed by atoms with van der Waals surface area (Å²) in [5.74, 6) is 1.05. The highest BCUT2D eigenvalue weighted by Crippen LogP contribution is 2.34. The molecule has 1 aliphatic rings. The largest absolute Gasteiger partial charge is 0.508 e. The average molecular weight is 290 g/mol. The summed E-state index contributed by atoms with van der Waals surface area (Å²) in [6.07, 6.45) is 3.93. The highest BCUT2D eigenvalue weighted by molar-refractivity contribution is 5.90. The summed E-state index contributed by atoms with van der Waals surface area (Å²) in [6.45, 7) is 6.22. The van der Waals surface area contributed by atoms with E-state index in [0.29, 0.717) is 12.5 Å². The van der Waals surface area contributed by atoms with Crippen LogP contribution in [0.3, 0.4) is 0 Å². The van der Waals surface area contributed by atoms with Crippen LogP contribution in [-0.4, -0.2) is 17.1 Å². The maximum atomic E-state index is 11.7. The first kappa shape index (κ1) is 15.8. The maximum absolute atomic E-state index is 11.7. The molecule has 0 aromatic heterocycles. The number of carbonyl (C=O) groups is 1. The quantitative estimate of drug-likeness (QED) is 0.673. The van der Waals surface area contributed by atoms with Crippen LogP contribution in [0.15, 0.2) is 18.2 Å². The number of aromatic hydroxyl groups is 1. The average Bonchev–Trinajstić information content (AvgIpc) is 3.25. The molecule has 1 fully saturated rings. The topological polar surface area (TPSA) is 61.4 Å². The highest BCUT2D eigenvalue weighted by atomic mass is 16.3. The van der Waals surface area contributed by atoms with Gasteiger partial charge in [0.05, 0.1) is 0 Å². The Kier molecular flexibility index (Phi) is 5.23. The Balaban J connectivity index is 2.04. The standard InChI is InChI=1S/C17H26N2O2/c1-4-5-17(21)19-14-8-9-16(20)15(10-14)12(3)18-11(2)13-6-7-13/h8-13,18,20H,4-7H2,1-3H3,(H,19,21). The van der Waals surface area contributed by atoms with Crippen LogP contribution in [0.5, 0.6) is 5.75 Å². The third-order valence-electron chi connectivity index (χ3n) is 4.10. The number of anilines is 1. The van der Waals surface area contributed by atoms with Gasteiger partial charge in [0.25, 0.3) is 0 Å². The van der Waals surface area contributed by atoms with Gasteiger partial charge < -0.3 is 15.7 Å². The highest BCUT2D eigenvalue weighted by Gasteiger charge is 2.29. The molecule has 4 nitrogen and oxygen atoms in total. The molecule has 2 unspecified atom stereocenters. The third-order valence-corrected chi connectivity index (χ3v) is 4.10. The molecule has 21 heavy (non-hydrogen) atoms. The van der Waals surface area contributed by atoms with E-state index in [2.05, 4.69) is 17.6 Å². The number of phenols is 1. The van der Waals surface area contributed by atoms with E-state index in [1.165, 1.54) is 12.8 Å². The second kappa shape index (κ2) is 6.94. The summed E-state index contributed by atoms with van der Waals surface area (Å²) in [5, 5.41) is 16.5. The summed E-state index contributed by atoms with van der Waals surface area (Å²) in [6, 6.07) is 5.77. The van der Waals surface area contributed by atoms with Gasteiger partial charge in [-0.2, -0.15) is 0 Å². The lowest BCUT2D eigenvalue weighted by molar-refractivity contribution is -0.116. The molecule has 1 aromatic rings. The van der Waals surface area contributed by atoms with Crippen LogP contribution in [0, 0.1) is 5.92 Å². The van der Waals surface area contributed by atoms with E-state index in [-0.39, 0.29) is 17.7 Å². The van der Waals surface area contributed by atoms with E-state index in [9.17, 15) is 9.90 Å². The van der Waals surface area contributed by atoms with E-state index in [1.54, 1.807) is 12.1 Å². The van der Waals surface area contributed by atoms with Crippen LogP contribution in [0.4, 0.5) is 5.69 Å². The third kappa shape index (κ3) is 4.46. The van der Waals surface area contributed by atoms with E-state index >= 15 is 0 Å². The van der Waals surface area contributed by atoms with Crippen molar-refractivity contribution in [2.45, 2.75) is 58.5 Å². The summed E-state index contributed by atoms with van der Waals surface area (Å²) in [4.78, 5) is 11.7.